The van der Waals surface area contributed by atoms with Gasteiger partial charge in [0.25, 0.3) is 0 Å². The average Bonchev–Trinajstić information content (AvgIpc) is 2.54. The molecular weight excluding hydrogens is 298 g/mol. The van der Waals surface area contributed by atoms with E-state index in [1.165, 1.54) is 0 Å². The number of nitrogens with one attached hydrogen (secondary N) is 1. The Morgan fingerprint density at radius 1 is 1.29 bits per heavy atom. The summed E-state index contributed by atoms with van der Waals surface area (Å²) < 4.78 is 0. The number of pyridine rings is 1. The van der Waals surface area contributed by atoms with E-state index in [2.05, 4.69) is 38.0 Å². The van der Waals surface area contributed by atoms with E-state index in [9.17, 15) is 4.79 Å². The summed E-state index contributed by atoms with van der Waals surface area (Å²) in [5.41, 5.74) is 3.92. The maximum atomic E-state index is 12.7. The van der Waals surface area contributed by atoms with Crippen molar-refractivity contribution in [3.63, 3.8) is 0 Å². The lowest BCUT2D eigenvalue weighted by Crippen LogP contribution is -2.60. The Hall–Kier alpha value is -2.36. The molecule has 4 nitrogen and oxygen atoms in total. The van der Waals surface area contributed by atoms with E-state index in [-0.39, 0.29) is 6.03 Å². The lowest BCUT2D eigenvalue weighted by Gasteiger charge is -2.49. The number of urea groups is 1. The van der Waals surface area contributed by atoms with Gasteiger partial charge in [-0.25, -0.2) is 4.79 Å². The van der Waals surface area contributed by atoms with Crippen LogP contribution in [0.2, 0.25) is 0 Å². The molecule has 0 bridgehead atoms. The molecule has 2 unspecified atom stereocenters. The summed E-state index contributed by atoms with van der Waals surface area (Å²) in [7, 11) is 0. The van der Waals surface area contributed by atoms with Crippen LogP contribution < -0.4 is 5.32 Å². The van der Waals surface area contributed by atoms with Crippen LogP contribution in [0.25, 0.3) is 11.3 Å². The highest BCUT2D eigenvalue weighted by Crippen LogP contribution is 2.32. The molecular formula is C20H25N3O. The zero-order chi connectivity index (χ0) is 17.3. The maximum Gasteiger partial charge on any atom is 0.322 e. The number of likely N-dealkylation sites (tertiary alicyclic amines) is 1. The molecule has 2 aromatic rings. The van der Waals surface area contributed by atoms with Crippen molar-refractivity contribution in [2.24, 2.45) is 5.92 Å². The predicted octanol–water partition coefficient (Wildman–Crippen LogP) is 4.71. The van der Waals surface area contributed by atoms with E-state index in [1.807, 2.05) is 41.3 Å². The predicted molar refractivity (Wildman–Crippen MR) is 98.0 cm³/mol. The average molecular weight is 323 g/mol. The van der Waals surface area contributed by atoms with E-state index in [0.29, 0.717) is 18.0 Å². The van der Waals surface area contributed by atoms with Crippen LogP contribution in [0.15, 0.2) is 42.6 Å². The van der Waals surface area contributed by atoms with Gasteiger partial charge in [0.2, 0.25) is 0 Å². The Labute approximate surface area is 143 Å². The van der Waals surface area contributed by atoms with Gasteiger partial charge in [-0.1, -0.05) is 26.0 Å². The van der Waals surface area contributed by atoms with Gasteiger partial charge < -0.3 is 10.2 Å². The van der Waals surface area contributed by atoms with Gasteiger partial charge in [0, 0.05) is 29.5 Å². The van der Waals surface area contributed by atoms with Crippen molar-refractivity contribution in [1.29, 1.82) is 0 Å². The van der Waals surface area contributed by atoms with Crippen molar-refractivity contribution >= 4 is 11.7 Å². The number of carbonyl (C=O) groups excluding carboxylic acids is 1. The fourth-order valence-corrected chi connectivity index (χ4v) is 3.40. The molecule has 1 aromatic carbocycles. The molecule has 1 saturated heterocycles. The lowest BCUT2D eigenvalue weighted by atomic mass is 9.86. The molecule has 0 radical (unpaired) electrons. The highest BCUT2D eigenvalue weighted by molar-refractivity contribution is 5.91. The first kappa shape index (κ1) is 16.5. The Morgan fingerprint density at radius 2 is 2.08 bits per heavy atom. The van der Waals surface area contributed by atoms with Crippen LogP contribution in [-0.4, -0.2) is 28.0 Å². The van der Waals surface area contributed by atoms with E-state index in [4.69, 9.17) is 0 Å². The maximum absolute atomic E-state index is 12.7. The number of hydrogen-bond acceptors (Lipinski definition) is 2. The number of rotatable bonds is 3. The summed E-state index contributed by atoms with van der Waals surface area (Å²) in [6.45, 7) is 8.50. The summed E-state index contributed by atoms with van der Waals surface area (Å²) in [6, 6.07) is 12.5. The Balaban J connectivity index is 1.80. The zero-order valence-electron chi connectivity index (χ0n) is 14.8. The van der Waals surface area contributed by atoms with Gasteiger partial charge in [0.05, 0.1) is 5.69 Å². The Kier molecular flexibility index (Phi) is 4.56. The molecule has 2 amide bonds. The van der Waals surface area contributed by atoms with Crippen LogP contribution in [0.3, 0.4) is 0 Å². The second kappa shape index (κ2) is 6.63. The third kappa shape index (κ3) is 3.14. The van der Waals surface area contributed by atoms with Crippen LogP contribution in [0.4, 0.5) is 10.5 Å². The van der Waals surface area contributed by atoms with Crippen molar-refractivity contribution in [3.05, 3.63) is 48.2 Å². The summed E-state index contributed by atoms with van der Waals surface area (Å²) >= 11 is 0. The molecule has 0 spiro atoms. The summed E-state index contributed by atoms with van der Waals surface area (Å²) in [5, 5.41) is 3.06. The molecule has 1 N–H and O–H groups in total. The van der Waals surface area contributed by atoms with Gasteiger partial charge in [-0.15, -0.1) is 0 Å². The second-order valence-corrected chi connectivity index (χ2v) is 6.98. The molecule has 4 heteroatoms. The third-order valence-electron chi connectivity index (χ3n) is 4.85. The highest BCUT2D eigenvalue weighted by Gasteiger charge is 2.40. The number of aromatic nitrogens is 1. The molecule has 1 aliphatic heterocycles. The van der Waals surface area contributed by atoms with Crippen molar-refractivity contribution in [1.82, 2.24) is 9.88 Å². The summed E-state index contributed by atoms with van der Waals surface area (Å²) in [5.74, 6) is 0.481. The molecule has 126 valence electrons. The Bertz CT molecular complexity index is 727. The standard InChI is InChI=1S/C20H25N3O/c1-13(2)19-11-15(4)23(19)20(24)22-16-9-8-14(3)17(12-16)18-7-5-6-10-21-18/h5-10,12-13,15,19H,11H2,1-4H3,(H,22,24). The van der Waals surface area contributed by atoms with E-state index in [1.54, 1.807) is 6.20 Å². The summed E-state index contributed by atoms with van der Waals surface area (Å²) in [4.78, 5) is 19.0. The molecule has 3 rings (SSSR count). The number of carbonyl (C=O) groups is 1. The van der Waals surface area contributed by atoms with E-state index in [0.717, 1.165) is 28.9 Å². The van der Waals surface area contributed by atoms with Gasteiger partial charge in [-0.05, 0) is 56.0 Å². The molecule has 1 fully saturated rings. The molecule has 24 heavy (non-hydrogen) atoms. The van der Waals surface area contributed by atoms with E-state index >= 15 is 0 Å². The minimum Gasteiger partial charge on any atom is -0.318 e. The largest absolute Gasteiger partial charge is 0.322 e. The molecule has 1 aliphatic rings. The van der Waals surface area contributed by atoms with Crippen LogP contribution in [-0.2, 0) is 0 Å². The zero-order valence-corrected chi connectivity index (χ0v) is 14.8. The van der Waals surface area contributed by atoms with Crippen LogP contribution in [0.1, 0.15) is 32.8 Å². The first-order valence-corrected chi connectivity index (χ1v) is 8.58. The molecule has 0 aliphatic carbocycles. The fourth-order valence-electron chi connectivity index (χ4n) is 3.40. The quantitative estimate of drug-likeness (QED) is 0.889. The van der Waals surface area contributed by atoms with E-state index < -0.39 is 0 Å². The molecule has 0 saturated carbocycles. The molecule has 2 heterocycles. The van der Waals surface area contributed by atoms with Gasteiger partial charge in [-0.3, -0.25) is 4.98 Å². The molecule has 2 atom stereocenters. The number of amides is 2. The van der Waals surface area contributed by atoms with Gasteiger partial charge in [-0.2, -0.15) is 0 Å². The van der Waals surface area contributed by atoms with Crippen LogP contribution >= 0.6 is 0 Å². The highest BCUT2D eigenvalue weighted by atomic mass is 16.2. The van der Waals surface area contributed by atoms with Crippen LogP contribution in [0.5, 0.6) is 0 Å². The van der Waals surface area contributed by atoms with Crippen molar-refractivity contribution in [3.8, 4) is 11.3 Å². The normalized spacial score (nSPS) is 20.0. The number of nitrogens with zero attached hydrogens (tertiary/aromatic N) is 2. The molecule has 1 aromatic heterocycles. The number of anilines is 1. The smallest absolute Gasteiger partial charge is 0.318 e. The first-order valence-electron chi connectivity index (χ1n) is 8.58. The lowest BCUT2D eigenvalue weighted by molar-refractivity contribution is 0.0430. The fraction of sp³-hybridized carbons (Fsp3) is 0.400. The van der Waals surface area contributed by atoms with Crippen LogP contribution in [0, 0.1) is 12.8 Å². The monoisotopic (exact) mass is 323 g/mol. The third-order valence-corrected chi connectivity index (χ3v) is 4.85. The number of benzene rings is 1. The summed E-state index contributed by atoms with van der Waals surface area (Å²) in [6.07, 6.45) is 2.87. The SMILES string of the molecule is Cc1ccc(NC(=O)N2C(C)CC2C(C)C)cc1-c1ccccn1. The van der Waals surface area contributed by atoms with Crippen molar-refractivity contribution < 1.29 is 4.79 Å². The topological polar surface area (TPSA) is 45.2 Å². The first-order chi connectivity index (χ1) is 11.5. The minimum absolute atomic E-state index is 0.0109. The van der Waals surface area contributed by atoms with Gasteiger partial charge in [0.1, 0.15) is 0 Å². The Morgan fingerprint density at radius 3 is 2.71 bits per heavy atom. The van der Waals surface area contributed by atoms with Crippen molar-refractivity contribution in [2.75, 3.05) is 5.32 Å². The second-order valence-electron chi connectivity index (χ2n) is 6.98. The number of hydrogen-bond donors (Lipinski definition) is 1. The van der Waals surface area contributed by atoms with Crippen molar-refractivity contribution in [2.45, 2.75) is 46.2 Å². The van der Waals surface area contributed by atoms with Gasteiger partial charge in [0.15, 0.2) is 0 Å². The number of aryl methyl sites for hydroxylation is 1. The minimum atomic E-state index is -0.0109. The van der Waals surface area contributed by atoms with Gasteiger partial charge >= 0.3 is 6.03 Å².